The van der Waals surface area contributed by atoms with Crippen LogP contribution in [0.4, 0.5) is 0 Å². The van der Waals surface area contributed by atoms with Gasteiger partial charge in [-0.05, 0) is 13.8 Å². The molecule has 0 aliphatic carbocycles. The molecule has 3 nitrogen and oxygen atoms in total. The predicted octanol–water partition coefficient (Wildman–Crippen LogP) is 0.700. The fraction of sp³-hybridized carbons (Fsp3) is 0.889. The van der Waals surface area contributed by atoms with Crippen molar-refractivity contribution in [2.75, 3.05) is 0 Å². The maximum absolute atomic E-state index is 11.5. The molecule has 0 unspecified atom stereocenters. The summed E-state index contributed by atoms with van der Waals surface area (Å²) in [4.78, 5) is 11.5. The number of nitrogens with two attached hydrogens (primary N) is 1. The summed E-state index contributed by atoms with van der Waals surface area (Å²) < 4.78 is 0. The lowest BCUT2D eigenvalue weighted by Crippen LogP contribution is -2.52. The zero-order chi connectivity index (χ0) is 10.2. The molecule has 0 saturated heterocycles. The molecule has 0 rings (SSSR count). The van der Waals surface area contributed by atoms with Crippen LogP contribution in [0.1, 0.15) is 34.6 Å². The highest BCUT2D eigenvalue weighted by molar-refractivity contribution is 5.89. The molecule has 0 bridgehead atoms. The van der Waals surface area contributed by atoms with Gasteiger partial charge in [-0.25, -0.2) is 0 Å². The van der Waals surface area contributed by atoms with Gasteiger partial charge in [0.1, 0.15) is 0 Å². The molecule has 0 aromatic rings. The van der Waals surface area contributed by atoms with E-state index in [0.717, 1.165) is 0 Å². The second-order valence-corrected chi connectivity index (χ2v) is 4.75. The number of carbonyl (C=O) groups excluding carboxylic acids is 1. The Kier molecular flexibility index (Phi) is 3.04. The maximum atomic E-state index is 11.5. The van der Waals surface area contributed by atoms with E-state index in [1.54, 1.807) is 34.6 Å². The van der Waals surface area contributed by atoms with Gasteiger partial charge in [0, 0.05) is 5.41 Å². The molecular weight excluding hydrogens is 154 g/mol. The first kappa shape index (κ1) is 11.6. The smallest absolute Gasteiger partial charge is 0.157 e. The van der Waals surface area contributed by atoms with Crippen molar-refractivity contribution in [2.24, 2.45) is 11.1 Å². The molecule has 0 saturated carbocycles. The lowest BCUT2D eigenvalue weighted by Gasteiger charge is -2.29. The standard InChI is InChI=1S/C9H19NO2/c1-8(2,3)7(11)6(10)9(4,5)12/h6,12H,10H2,1-5H3/t6-/m1/s1. The molecule has 0 heterocycles. The number of ketones is 1. The fourth-order valence-corrected chi connectivity index (χ4v) is 0.787. The Morgan fingerprint density at radius 2 is 1.58 bits per heavy atom. The summed E-state index contributed by atoms with van der Waals surface area (Å²) in [7, 11) is 0. The average molecular weight is 173 g/mol. The third kappa shape index (κ3) is 2.91. The molecule has 0 aromatic heterocycles. The van der Waals surface area contributed by atoms with Crippen molar-refractivity contribution in [1.82, 2.24) is 0 Å². The lowest BCUT2D eigenvalue weighted by molar-refractivity contribution is -0.132. The minimum Gasteiger partial charge on any atom is -0.388 e. The summed E-state index contributed by atoms with van der Waals surface area (Å²) in [6.45, 7) is 8.46. The van der Waals surface area contributed by atoms with Crippen LogP contribution in [0, 0.1) is 5.41 Å². The van der Waals surface area contributed by atoms with Gasteiger partial charge in [-0.1, -0.05) is 20.8 Å². The molecule has 0 spiro atoms. The Hall–Kier alpha value is -0.410. The Bertz CT molecular complexity index is 174. The second kappa shape index (κ2) is 3.15. The summed E-state index contributed by atoms with van der Waals surface area (Å²) in [5.74, 6) is -0.116. The van der Waals surface area contributed by atoms with Crippen molar-refractivity contribution in [3.63, 3.8) is 0 Å². The second-order valence-electron chi connectivity index (χ2n) is 4.75. The molecule has 0 radical (unpaired) electrons. The SMILES string of the molecule is CC(C)(C)C(=O)[C@@H](N)C(C)(C)O. The van der Waals surface area contributed by atoms with Crippen LogP contribution in [0.15, 0.2) is 0 Å². The van der Waals surface area contributed by atoms with Gasteiger partial charge in [0.2, 0.25) is 0 Å². The largest absolute Gasteiger partial charge is 0.388 e. The number of hydrogen-bond donors (Lipinski definition) is 2. The summed E-state index contributed by atoms with van der Waals surface area (Å²) in [5, 5.41) is 9.47. The van der Waals surface area contributed by atoms with Crippen molar-refractivity contribution >= 4 is 5.78 Å². The summed E-state index contributed by atoms with van der Waals surface area (Å²) >= 11 is 0. The van der Waals surface area contributed by atoms with Gasteiger partial charge in [-0.15, -0.1) is 0 Å². The van der Waals surface area contributed by atoms with E-state index in [-0.39, 0.29) is 5.78 Å². The van der Waals surface area contributed by atoms with Gasteiger partial charge in [0.05, 0.1) is 11.6 Å². The molecule has 0 aliphatic heterocycles. The van der Waals surface area contributed by atoms with Crippen LogP contribution in [-0.2, 0) is 4.79 Å². The van der Waals surface area contributed by atoms with Gasteiger partial charge in [0.15, 0.2) is 5.78 Å². The van der Waals surface area contributed by atoms with Crippen LogP contribution < -0.4 is 5.73 Å². The Morgan fingerprint density at radius 3 is 1.67 bits per heavy atom. The monoisotopic (exact) mass is 173 g/mol. The Balaban J connectivity index is 4.53. The van der Waals surface area contributed by atoms with Crippen LogP contribution in [0.5, 0.6) is 0 Å². The molecule has 12 heavy (non-hydrogen) atoms. The van der Waals surface area contributed by atoms with Gasteiger partial charge in [0.25, 0.3) is 0 Å². The summed E-state index contributed by atoms with van der Waals surface area (Å²) in [6, 6.07) is -0.808. The van der Waals surface area contributed by atoms with E-state index in [4.69, 9.17) is 5.73 Å². The highest BCUT2D eigenvalue weighted by atomic mass is 16.3. The Morgan fingerprint density at radius 1 is 1.25 bits per heavy atom. The highest BCUT2D eigenvalue weighted by Gasteiger charge is 2.35. The van der Waals surface area contributed by atoms with Gasteiger partial charge >= 0.3 is 0 Å². The van der Waals surface area contributed by atoms with Crippen molar-refractivity contribution in [1.29, 1.82) is 0 Å². The predicted molar refractivity (Wildman–Crippen MR) is 48.7 cm³/mol. The average Bonchev–Trinajstić information content (AvgIpc) is 1.80. The first-order valence-electron chi connectivity index (χ1n) is 4.09. The van der Waals surface area contributed by atoms with Crippen LogP contribution in [0.25, 0.3) is 0 Å². The van der Waals surface area contributed by atoms with E-state index in [1.807, 2.05) is 0 Å². The van der Waals surface area contributed by atoms with E-state index in [0.29, 0.717) is 0 Å². The number of carbonyl (C=O) groups is 1. The number of hydrogen-bond acceptors (Lipinski definition) is 3. The van der Waals surface area contributed by atoms with Crippen LogP contribution in [0.2, 0.25) is 0 Å². The molecule has 0 aliphatic rings. The van der Waals surface area contributed by atoms with Gasteiger partial charge < -0.3 is 10.8 Å². The quantitative estimate of drug-likeness (QED) is 0.646. The summed E-state index contributed by atoms with van der Waals surface area (Å²) in [5.41, 5.74) is 3.96. The lowest BCUT2D eigenvalue weighted by atomic mass is 9.81. The number of rotatable bonds is 2. The zero-order valence-corrected chi connectivity index (χ0v) is 8.51. The highest BCUT2D eigenvalue weighted by Crippen LogP contribution is 2.20. The molecule has 0 amide bonds. The number of aliphatic hydroxyl groups is 1. The van der Waals surface area contributed by atoms with Gasteiger partial charge in [-0.3, -0.25) is 4.79 Å². The van der Waals surface area contributed by atoms with Crippen LogP contribution in [0.3, 0.4) is 0 Å². The van der Waals surface area contributed by atoms with Crippen molar-refractivity contribution in [2.45, 2.75) is 46.3 Å². The first-order chi connectivity index (χ1) is 5.07. The molecule has 0 aromatic carbocycles. The summed E-state index contributed by atoms with van der Waals surface area (Å²) in [6.07, 6.45) is 0. The normalized spacial score (nSPS) is 15.9. The third-order valence-corrected chi connectivity index (χ3v) is 1.78. The first-order valence-corrected chi connectivity index (χ1v) is 4.09. The van der Waals surface area contributed by atoms with E-state index in [1.165, 1.54) is 0 Å². The fourth-order valence-electron chi connectivity index (χ4n) is 0.787. The topological polar surface area (TPSA) is 63.3 Å². The van der Waals surface area contributed by atoms with E-state index in [9.17, 15) is 9.90 Å². The minimum absolute atomic E-state index is 0.116. The third-order valence-electron chi connectivity index (χ3n) is 1.78. The van der Waals surface area contributed by atoms with Gasteiger partial charge in [-0.2, -0.15) is 0 Å². The Labute approximate surface area is 74.0 Å². The molecule has 3 heteroatoms. The van der Waals surface area contributed by atoms with Crippen LogP contribution in [-0.4, -0.2) is 22.5 Å². The zero-order valence-electron chi connectivity index (χ0n) is 8.51. The minimum atomic E-state index is -1.13. The molecule has 72 valence electrons. The molecule has 3 N–H and O–H groups in total. The molecule has 1 atom stereocenters. The van der Waals surface area contributed by atoms with E-state index in [2.05, 4.69) is 0 Å². The van der Waals surface area contributed by atoms with Crippen molar-refractivity contribution in [3.8, 4) is 0 Å². The number of Topliss-reactive ketones (excluding diaryl/α,β-unsaturated/α-hetero) is 1. The maximum Gasteiger partial charge on any atom is 0.157 e. The molecular formula is C9H19NO2. The van der Waals surface area contributed by atoms with Crippen molar-refractivity contribution in [3.05, 3.63) is 0 Å². The molecule has 0 fully saturated rings. The van der Waals surface area contributed by atoms with Crippen molar-refractivity contribution < 1.29 is 9.90 Å². The van der Waals surface area contributed by atoms with Crippen LogP contribution >= 0.6 is 0 Å². The van der Waals surface area contributed by atoms with E-state index < -0.39 is 17.1 Å². The van der Waals surface area contributed by atoms with E-state index >= 15 is 0 Å².